The summed E-state index contributed by atoms with van der Waals surface area (Å²) in [5.74, 6) is 2.43. The summed E-state index contributed by atoms with van der Waals surface area (Å²) in [7, 11) is 0. The van der Waals surface area contributed by atoms with Crippen molar-refractivity contribution in [1.29, 1.82) is 0 Å². The highest BCUT2D eigenvalue weighted by Gasteiger charge is 2.22. The third kappa shape index (κ3) is 3.37. The van der Waals surface area contributed by atoms with Crippen LogP contribution in [-0.2, 0) is 0 Å². The molecule has 29 heavy (non-hydrogen) atoms. The number of aryl methyl sites for hydroxylation is 2. The summed E-state index contributed by atoms with van der Waals surface area (Å²) in [5, 5.41) is 4.39. The van der Waals surface area contributed by atoms with E-state index in [1.807, 2.05) is 42.6 Å². The van der Waals surface area contributed by atoms with Gasteiger partial charge in [0.1, 0.15) is 12.1 Å². The van der Waals surface area contributed by atoms with Gasteiger partial charge in [-0.2, -0.15) is 14.6 Å². The summed E-state index contributed by atoms with van der Waals surface area (Å²) in [6, 6.07) is 14.3. The summed E-state index contributed by atoms with van der Waals surface area (Å²) < 4.78 is 1.81. The van der Waals surface area contributed by atoms with E-state index in [2.05, 4.69) is 53.0 Å². The van der Waals surface area contributed by atoms with Crippen LogP contribution in [0.3, 0.4) is 0 Å². The zero-order valence-corrected chi connectivity index (χ0v) is 16.5. The molecule has 1 fully saturated rings. The minimum atomic E-state index is 0.612. The normalized spacial score (nSPS) is 14.6. The maximum atomic E-state index is 4.68. The molecule has 8 heteroatoms. The van der Waals surface area contributed by atoms with Gasteiger partial charge in [0.2, 0.25) is 5.95 Å². The lowest BCUT2D eigenvalue weighted by Gasteiger charge is -2.36. The summed E-state index contributed by atoms with van der Waals surface area (Å²) in [6.07, 6.45) is 1.56. The van der Waals surface area contributed by atoms with Crippen molar-refractivity contribution in [2.24, 2.45) is 0 Å². The van der Waals surface area contributed by atoms with E-state index in [4.69, 9.17) is 0 Å². The van der Waals surface area contributed by atoms with Crippen molar-refractivity contribution in [3.63, 3.8) is 0 Å². The van der Waals surface area contributed by atoms with Crippen LogP contribution < -0.4 is 9.80 Å². The largest absolute Gasteiger partial charge is 0.353 e. The molecule has 0 saturated carbocycles. The van der Waals surface area contributed by atoms with Gasteiger partial charge in [0.15, 0.2) is 0 Å². The number of aromatic nitrogens is 6. The van der Waals surface area contributed by atoms with E-state index in [1.54, 1.807) is 6.33 Å². The third-order valence-electron chi connectivity index (χ3n) is 5.16. The molecule has 1 aliphatic heterocycles. The number of rotatable bonds is 3. The lowest BCUT2D eigenvalue weighted by molar-refractivity contribution is 0.625. The smallest absolute Gasteiger partial charge is 0.254 e. The second-order valence-electron chi connectivity index (χ2n) is 7.26. The fourth-order valence-electron chi connectivity index (χ4n) is 3.76. The molecule has 5 rings (SSSR count). The molecular weight excluding hydrogens is 364 g/mol. The van der Waals surface area contributed by atoms with Crippen LogP contribution in [0.5, 0.6) is 0 Å². The summed E-state index contributed by atoms with van der Waals surface area (Å²) >= 11 is 0. The molecule has 1 aliphatic rings. The van der Waals surface area contributed by atoms with Gasteiger partial charge in [-0.3, -0.25) is 0 Å². The first-order valence-corrected chi connectivity index (χ1v) is 9.76. The Morgan fingerprint density at radius 2 is 1.48 bits per heavy atom. The third-order valence-corrected chi connectivity index (χ3v) is 5.16. The van der Waals surface area contributed by atoms with Gasteiger partial charge in [-0.1, -0.05) is 30.3 Å². The van der Waals surface area contributed by atoms with Crippen molar-refractivity contribution in [3.05, 3.63) is 60.2 Å². The van der Waals surface area contributed by atoms with E-state index in [-0.39, 0.29) is 0 Å². The topological polar surface area (TPSA) is 75.3 Å². The van der Waals surface area contributed by atoms with Crippen LogP contribution in [-0.4, -0.2) is 55.7 Å². The zero-order valence-electron chi connectivity index (χ0n) is 16.5. The maximum Gasteiger partial charge on any atom is 0.254 e. The quantitative estimate of drug-likeness (QED) is 0.535. The molecule has 1 saturated heterocycles. The molecule has 1 aromatic carbocycles. The van der Waals surface area contributed by atoms with E-state index in [1.165, 1.54) is 0 Å². The minimum Gasteiger partial charge on any atom is -0.353 e. The molecule has 146 valence electrons. The number of hydrogen-bond acceptors (Lipinski definition) is 7. The Morgan fingerprint density at radius 3 is 2.21 bits per heavy atom. The lowest BCUT2D eigenvalue weighted by atomic mass is 10.1. The molecule has 0 atom stereocenters. The van der Waals surface area contributed by atoms with Crippen LogP contribution in [0.2, 0.25) is 0 Å². The Balaban J connectivity index is 1.44. The monoisotopic (exact) mass is 386 g/mol. The molecule has 8 nitrogen and oxygen atoms in total. The maximum absolute atomic E-state index is 4.68. The SMILES string of the molecule is Cc1cc(C)nc(N2CCN(c3cc(-c4ccccc4)nc4ncnn34)CC2)n1. The van der Waals surface area contributed by atoms with Crippen LogP contribution in [0, 0.1) is 13.8 Å². The lowest BCUT2D eigenvalue weighted by Crippen LogP contribution is -2.47. The summed E-state index contributed by atoms with van der Waals surface area (Å²) in [4.78, 5) is 22.8. The summed E-state index contributed by atoms with van der Waals surface area (Å²) in [6.45, 7) is 7.42. The van der Waals surface area contributed by atoms with Gasteiger partial charge in [-0.25, -0.2) is 15.0 Å². The molecule has 0 aliphatic carbocycles. The molecule has 0 bridgehead atoms. The molecule has 0 radical (unpaired) electrons. The second-order valence-corrected chi connectivity index (χ2v) is 7.26. The molecule has 0 amide bonds. The highest BCUT2D eigenvalue weighted by atomic mass is 15.4. The first-order chi connectivity index (χ1) is 14.2. The first-order valence-electron chi connectivity index (χ1n) is 9.76. The van der Waals surface area contributed by atoms with E-state index in [0.29, 0.717) is 5.78 Å². The molecule has 4 aromatic rings. The van der Waals surface area contributed by atoms with Crippen LogP contribution in [0.4, 0.5) is 11.8 Å². The molecular formula is C21H22N8. The number of nitrogens with zero attached hydrogens (tertiary/aromatic N) is 8. The van der Waals surface area contributed by atoms with E-state index >= 15 is 0 Å². The van der Waals surface area contributed by atoms with Crippen molar-refractivity contribution in [3.8, 4) is 11.3 Å². The van der Waals surface area contributed by atoms with Crippen molar-refractivity contribution in [2.75, 3.05) is 36.0 Å². The molecule has 0 N–H and O–H groups in total. The van der Waals surface area contributed by atoms with Gasteiger partial charge >= 0.3 is 0 Å². The van der Waals surface area contributed by atoms with Crippen molar-refractivity contribution < 1.29 is 0 Å². The molecule has 4 heterocycles. The van der Waals surface area contributed by atoms with Gasteiger partial charge in [-0.05, 0) is 19.9 Å². The first kappa shape index (κ1) is 17.5. The van der Waals surface area contributed by atoms with Crippen molar-refractivity contribution in [1.82, 2.24) is 29.5 Å². The van der Waals surface area contributed by atoms with E-state index in [9.17, 15) is 0 Å². The minimum absolute atomic E-state index is 0.612. The molecule has 3 aromatic heterocycles. The fourth-order valence-corrected chi connectivity index (χ4v) is 3.76. The van der Waals surface area contributed by atoms with Crippen LogP contribution in [0.25, 0.3) is 17.0 Å². The predicted octanol–water partition coefficient (Wildman–Crippen LogP) is 2.52. The average molecular weight is 386 g/mol. The molecule has 0 unspecified atom stereocenters. The molecule has 0 spiro atoms. The standard InChI is InChI=1S/C21H22N8/c1-15-12-16(2)25-21(24-15)28-10-8-27(9-11-28)19-13-18(17-6-4-3-5-7-17)26-20-22-14-23-29(19)20/h3-7,12-14H,8-11H2,1-2H3. The van der Waals surface area contributed by atoms with Gasteiger partial charge in [0.25, 0.3) is 5.78 Å². The second kappa shape index (κ2) is 7.12. The highest BCUT2D eigenvalue weighted by Crippen LogP contribution is 2.25. The predicted molar refractivity (Wildman–Crippen MR) is 112 cm³/mol. The number of anilines is 2. The number of hydrogen-bond donors (Lipinski definition) is 0. The highest BCUT2D eigenvalue weighted by molar-refractivity contribution is 5.66. The van der Waals surface area contributed by atoms with Crippen molar-refractivity contribution in [2.45, 2.75) is 13.8 Å². The van der Waals surface area contributed by atoms with Crippen LogP contribution in [0.15, 0.2) is 48.8 Å². The van der Waals surface area contributed by atoms with Crippen LogP contribution >= 0.6 is 0 Å². The fraction of sp³-hybridized carbons (Fsp3) is 0.286. The Labute approximate surface area is 168 Å². The van der Waals surface area contributed by atoms with Gasteiger partial charge in [0, 0.05) is 49.2 Å². The summed E-state index contributed by atoms with van der Waals surface area (Å²) in [5.41, 5.74) is 3.98. The number of fused-ring (bicyclic) bond motifs is 1. The Bertz CT molecular complexity index is 1130. The average Bonchev–Trinajstić information content (AvgIpc) is 3.22. The van der Waals surface area contributed by atoms with Gasteiger partial charge in [0.05, 0.1) is 5.69 Å². The number of benzene rings is 1. The van der Waals surface area contributed by atoms with Gasteiger partial charge in [-0.15, -0.1) is 0 Å². The Kier molecular flexibility index (Phi) is 4.31. The van der Waals surface area contributed by atoms with E-state index < -0.39 is 0 Å². The Morgan fingerprint density at radius 1 is 0.793 bits per heavy atom. The Hall–Kier alpha value is -3.55. The van der Waals surface area contributed by atoms with Crippen molar-refractivity contribution >= 4 is 17.5 Å². The van der Waals surface area contributed by atoms with Crippen LogP contribution in [0.1, 0.15) is 11.4 Å². The number of piperazine rings is 1. The zero-order chi connectivity index (χ0) is 19.8. The van der Waals surface area contributed by atoms with E-state index in [0.717, 1.165) is 60.6 Å². The van der Waals surface area contributed by atoms with Gasteiger partial charge < -0.3 is 9.80 Å².